The van der Waals surface area contributed by atoms with Gasteiger partial charge in [-0.15, -0.1) is 5.43 Å². The fourth-order valence-corrected chi connectivity index (χ4v) is 0.171. The Morgan fingerprint density at radius 3 is 2.56 bits per heavy atom. The number of amides is 2. The number of nitrogens with one attached hydrogen (secondary N) is 1. The third-order valence-electron chi connectivity index (χ3n) is 0.459. The predicted octanol–water partition coefficient (Wildman–Crippen LogP) is -0.862. The van der Waals surface area contributed by atoms with E-state index in [0.717, 1.165) is 6.92 Å². The summed E-state index contributed by atoms with van der Waals surface area (Å²) >= 11 is 0. The zero-order chi connectivity index (χ0) is 7.28. The second-order valence-electron chi connectivity index (χ2n) is 1.30. The van der Waals surface area contributed by atoms with Crippen LogP contribution in [0.1, 0.15) is 6.92 Å². The smallest absolute Gasteiger partial charge is 0.271 e. The molecule has 0 heterocycles. The molecule has 0 unspecified atom stereocenters. The van der Waals surface area contributed by atoms with Crippen LogP contribution in [0.15, 0.2) is 0 Å². The maximum absolute atomic E-state index is 11.3. The second-order valence-corrected chi connectivity index (χ2v) is 1.30. The molecule has 1 radical (unpaired) electrons. The average Bonchev–Trinajstić information content (AvgIpc) is 1.83. The van der Waals surface area contributed by atoms with Gasteiger partial charge in [-0.25, -0.2) is 9.82 Å². The molecule has 0 bridgehead atoms. The van der Waals surface area contributed by atoms with E-state index in [1.165, 1.54) is 0 Å². The summed E-state index contributed by atoms with van der Waals surface area (Å²) in [6.07, 6.45) is 0. The molecule has 0 saturated carbocycles. The molecule has 0 rings (SSSR count). The van der Waals surface area contributed by atoms with Crippen LogP contribution in [-0.4, -0.2) is 18.5 Å². The quantitative estimate of drug-likeness (QED) is 0.473. The van der Waals surface area contributed by atoms with Crippen molar-refractivity contribution in [3.63, 3.8) is 0 Å². The van der Waals surface area contributed by atoms with Crippen molar-refractivity contribution in [2.24, 2.45) is 0 Å². The van der Waals surface area contributed by atoms with Crippen LogP contribution in [0.3, 0.4) is 0 Å². The Labute approximate surface area is 51.4 Å². The number of hydrogen-bond acceptors (Lipinski definition) is 2. The highest BCUT2D eigenvalue weighted by atomic mass is 19.1. The summed E-state index contributed by atoms with van der Waals surface area (Å²) in [5.41, 5.74) is 4.61. The minimum absolute atomic E-state index is 0.559. The molecule has 0 aliphatic heterocycles. The molecule has 0 aromatic heterocycles. The number of halogens is 1. The Morgan fingerprint density at radius 1 is 1.67 bits per heavy atom. The Balaban J connectivity index is 3.28. The lowest BCUT2D eigenvalue weighted by Crippen LogP contribution is -2.35. The fourth-order valence-electron chi connectivity index (χ4n) is 0.171. The zero-order valence-corrected chi connectivity index (χ0v) is 4.85. The monoisotopic (exact) mass is 133 g/mol. The summed E-state index contributed by atoms with van der Waals surface area (Å²) in [5, 5.41) is 0. The fraction of sp³-hybridized carbons (Fsp3) is 0.500. The third-order valence-corrected chi connectivity index (χ3v) is 0.459. The van der Waals surface area contributed by atoms with Gasteiger partial charge in [-0.1, -0.05) is 0 Å². The molecule has 51 valence electrons. The normalized spacial score (nSPS) is 8.22. The molecular weight excluding hydrogens is 127 g/mol. The van der Waals surface area contributed by atoms with Gasteiger partial charge in [0, 0.05) is 6.92 Å². The van der Waals surface area contributed by atoms with Crippen molar-refractivity contribution in [2.45, 2.75) is 6.92 Å². The van der Waals surface area contributed by atoms with Crippen molar-refractivity contribution in [3.8, 4) is 0 Å². The molecule has 4 nitrogen and oxygen atoms in total. The van der Waals surface area contributed by atoms with Crippen LogP contribution in [0, 0.1) is 0 Å². The van der Waals surface area contributed by atoms with Crippen LogP contribution in [-0.2, 0) is 9.59 Å². The van der Waals surface area contributed by atoms with E-state index >= 15 is 0 Å². The number of alkyl halides is 1. The van der Waals surface area contributed by atoms with Crippen molar-refractivity contribution in [2.75, 3.05) is 6.67 Å². The van der Waals surface area contributed by atoms with Gasteiger partial charge < -0.3 is 0 Å². The van der Waals surface area contributed by atoms with Gasteiger partial charge in [0.2, 0.25) is 0 Å². The zero-order valence-electron chi connectivity index (χ0n) is 4.85. The number of carbonyl (C=O) groups excluding carboxylic acids is 2. The highest BCUT2D eigenvalue weighted by Crippen LogP contribution is 1.65. The number of nitrogens with zero attached hydrogens (tertiary/aromatic N) is 1. The van der Waals surface area contributed by atoms with Gasteiger partial charge in [-0.3, -0.25) is 9.59 Å². The average molecular weight is 133 g/mol. The van der Waals surface area contributed by atoms with Gasteiger partial charge in [0.05, 0.1) is 0 Å². The summed E-state index contributed by atoms with van der Waals surface area (Å²) in [4.78, 5) is 19.9. The predicted molar refractivity (Wildman–Crippen MR) is 26.9 cm³/mol. The Hall–Kier alpha value is -1.13. The lowest BCUT2D eigenvalue weighted by Gasteiger charge is -1.94. The van der Waals surface area contributed by atoms with Gasteiger partial charge in [0.25, 0.3) is 11.8 Å². The first-order chi connectivity index (χ1) is 4.16. The molecule has 1 N–H and O–H groups in total. The van der Waals surface area contributed by atoms with E-state index in [1.807, 2.05) is 0 Å². The van der Waals surface area contributed by atoms with E-state index < -0.39 is 18.5 Å². The standard InChI is InChI=1S/C4H6FN2O2/c1-3(8)6-7-4(9)2-5/h2H2,1H3,(H,7,9). The maximum Gasteiger partial charge on any atom is 0.271 e. The van der Waals surface area contributed by atoms with Gasteiger partial charge in [0.15, 0.2) is 6.67 Å². The maximum atomic E-state index is 11.3. The van der Waals surface area contributed by atoms with Crippen LogP contribution in [0.4, 0.5) is 4.39 Å². The topological polar surface area (TPSA) is 60.3 Å². The van der Waals surface area contributed by atoms with Crippen molar-refractivity contribution >= 4 is 11.8 Å². The van der Waals surface area contributed by atoms with E-state index in [9.17, 15) is 14.0 Å². The highest BCUT2D eigenvalue weighted by Gasteiger charge is 1.99. The van der Waals surface area contributed by atoms with Crippen LogP contribution < -0.4 is 10.9 Å². The Morgan fingerprint density at radius 2 is 2.22 bits per heavy atom. The molecule has 0 atom stereocenters. The molecule has 9 heavy (non-hydrogen) atoms. The van der Waals surface area contributed by atoms with E-state index in [4.69, 9.17) is 0 Å². The SMILES string of the molecule is CC(=O)[N]NC(=O)CF. The van der Waals surface area contributed by atoms with Crippen molar-refractivity contribution < 1.29 is 14.0 Å². The molecule has 2 amide bonds. The van der Waals surface area contributed by atoms with E-state index in [1.54, 1.807) is 5.43 Å². The van der Waals surface area contributed by atoms with E-state index in [-0.39, 0.29) is 0 Å². The number of carbonyl (C=O) groups is 2. The van der Waals surface area contributed by atoms with Crippen LogP contribution in [0.5, 0.6) is 0 Å². The molecule has 5 heteroatoms. The van der Waals surface area contributed by atoms with Crippen molar-refractivity contribution in [3.05, 3.63) is 0 Å². The van der Waals surface area contributed by atoms with Crippen LogP contribution in [0.2, 0.25) is 0 Å². The van der Waals surface area contributed by atoms with Crippen molar-refractivity contribution in [1.29, 1.82) is 0 Å². The summed E-state index contributed by atoms with van der Waals surface area (Å²) in [7, 11) is 0. The molecule has 0 saturated heterocycles. The number of rotatable bonds is 1. The molecular formula is C4H6FN2O2. The largest absolute Gasteiger partial charge is 0.271 e. The van der Waals surface area contributed by atoms with Crippen molar-refractivity contribution in [1.82, 2.24) is 10.9 Å². The van der Waals surface area contributed by atoms with E-state index in [2.05, 4.69) is 5.43 Å². The van der Waals surface area contributed by atoms with Gasteiger partial charge >= 0.3 is 0 Å². The second kappa shape index (κ2) is 3.82. The third kappa shape index (κ3) is 4.73. The molecule has 0 fully saturated rings. The molecule has 0 aliphatic rings. The van der Waals surface area contributed by atoms with Crippen LogP contribution in [0.25, 0.3) is 0 Å². The minimum Gasteiger partial charge on any atom is -0.271 e. The Kier molecular flexibility index (Phi) is 3.34. The summed E-state index contributed by atoms with van der Waals surface area (Å²) in [5.74, 6) is -1.47. The molecule has 0 aliphatic carbocycles. The van der Waals surface area contributed by atoms with Gasteiger partial charge in [-0.05, 0) is 0 Å². The minimum atomic E-state index is -1.16. The first-order valence-corrected chi connectivity index (χ1v) is 2.23. The lowest BCUT2D eigenvalue weighted by atomic mass is 10.7. The summed E-state index contributed by atoms with van der Waals surface area (Å²) in [6, 6.07) is 0. The van der Waals surface area contributed by atoms with Gasteiger partial charge in [0.1, 0.15) is 0 Å². The van der Waals surface area contributed by atoms with E-state index in [0.29, 0.717) is 0 Å². The van der Waals surface area contributed by atoms with Gasteiger partial charge in [-0.2, -0.15) is 0 Å². The lowest BCUT2D eigenvalue weighted by molar-refractivity contribution is -0.128. The number of hydrogen-bond donors (Lipinski definition) is 1. The highest BCUT2D eigenvalue weighted by molar-refractivity contribution is 5.81. The first kappa shape index (κ1) is 7.87. The summed E-state index contributed by atoms with van der Waals surface area (Å²) in [6.45, 7) is -0.00467. The summed E-state index contributed by atoms with van der Waals surface area (Å²) < 4.78 is 11.3. The Bertz CT molecular complexity index is 126. The molecule has 0 spiro atoms. The molecule has 0 aromatic rings. The van der Waals surface area contributed by atoms with Crippen LogP contribution >= 0.6 is 0 Å². The molecule has 0 aromatic carbocycles. The first-order valence-electron chi connectivity index (χ1n) is 2.23.